The molecule has 0 saturated carbocycles. The summed E-state index contributed by atoms with van der Waals surface area (Å²) < 4.78 is 5.58. The largest absolute Gasteiger partial charge is 0.494 e. The summed E-state index contributed by atoms with van der Waals surface area (Å²) in [7, 11) is 0. The highest BCUT2D eigenvalue weighted by Gasteiger charge is 2.02. The van der Waals surface area contributed by atoms with Gasteiger partial charge >= 0.3 is 0 Å². The summed E-state index contributed by atoms with van der Waals surface area (Å²) in [6.45, 7) is 4.39. The Morgan fingerprint density at radius 2 is 2.00 bits per heavy atom. The van der Waals surface area contributed by atoms with E-state index in [-0.39, 0.29) is 6.04 Å². The van der Waals surface area contributed by atoms with Crippen molar-refractivity contribution in [2.75, 3.05) is 6.61 Å². The van der Waals surface area contributed by atoms with Gasteiger partial charge in [0.15, 0.2) is 0 Å². The third-order valence-electron chi connectivity index (χ3n) is 2.48. The van der Waals surface area contributed by atoms with E-state index in [0.29, 0.717) is 6.61 Å². The summed E-state index contributed by atoms with van der Waals surface area (Å²) in [5.74, 6) is 0.917. The van der Waals surface area contributed by atoms with E-state index >= 15 is 0 Å². The number of hydrogen-bond donors (Lipinski definition) is 1. The lowest BCUT2D eigenvalue weighted by atomic mass is 10.1. The van der Waals surface area contributed by atoms with E-state index in [2.05, 4.69) is 6.58 Å². The van der Waals surface area contributed by atoms with Crippen molar-refractivity contribution in [2.24, 2.45) is 5.73 Å². The summed E-state index contributed by atoms with van der Waals surface area (Å²) in [5, 5.41) is 0. The van der Waals surface area contributed by atoms with Crippen molar-refractivity contribution in [3.05, 3.63) is 43.0 Å². The first kappa shape index (κ1) is 12.8. The number of para-hydroxylation sites is 1. The topological polar surface area (TPSA) is 35.2 Å². The Bertz CT molecular complexity index is 284. The first-order chi connectivity index (χ1) is 7.83. The number of rotatable bonds is 8. The summed E-state index contributed by atoms with van der Waals surface area (Å²) in [6.07, 6.45) is 6.06. The molecule has 0 fully saturated rings. The second-order valence-electron chi connectivity index (χ2n) is 3.93. The van der Waals surface area contributed by atoms with Crippen molar-refractivity contribution in [1.29, 1.82) is 0 Å². The molecule has 0 amide bonds. The van der Waals surface area contributed by atoms with Crippen LogP contribution in [-0.2, 0) is 0 Å². The molecule has 0 aliphatic rings. The molecule has 0 saturated heterocycles. The standard InChI is InChI=1S/C14H21NO/c1-2-3-5-8-13(15)11-12-16-14-9-6-4-7-10-14/h2,4,6-7,9-10,13H,1,3,5,8,11-12,15H2. The Balaban J connectivity index is 2.08. The molecule has 1 atom stereocenters. The van der Waals surface area contributed by atoms with Gasteiger partial charge in [-0.2, -0.15) is 0 Å². The van der Waals surface area contributed by atoms with Crippen LogP contribution in [0.25, 0.3) is 0 Å². The van der Waals surface area contributed by atoms with Crippen molar-refractivity contribution < 1.29 is 4.74 Å². The quantitative estimate of drug-likeness (QED) is 0.538. The monoisotopic (exact) mass is 219 g/mol. The van der Waals surface area contributed by atoms with Gasteiger partial charge in [-0.15, -0.1) is 6.58 Å². The molecule has 2 N–H and O–H groups in total. The fourth-order valence-electron chi connectivity index (χ4n) is 1.51. The molecule has 1 unspecified atom stereocenters. The normalized spacial score (nSPS) is 12.1. The second-order valence-corrected chi connectivity index (χ2v) is 3.93. The van der Waals surface area contributed by atoms with Crippen molar-refractivity contribution in [3.8, 4) is 5.75 Å². The average molecular weight is 219 g/mol. The van der Waals surface area contributed by atoms with Crippen LogP contribution < -0.4 is 10.5 Å². The molecular weight excluding hydrogens is 198 g/mol. The van der Waals surface area contributed by atoms with Gasteiger partial charge in [0.05, 0.1) is 6.61 Å². The van der Waals surface area contributed by atoms with Gasteiger partial charge in [0.2, 0.25) is 0 Å². The van der Waals surface area contributed by atoms with Crippen LogP contribution in [0.2, 0.25) is 0 Å². The minimum Gasteiger partial charge on any atom is -0.494 e. The summed E-state index contributed by atoms with van der Waals surface area (Å²) >= 11 is 0. The molecule has 1 aromatic carbocycles. The van der Waals surface area contributed by atoms with Crippen molar-refractivity contribution in [3.63, 3.8) is 0 Å². The van der Waals surface area contributed by atoms with Gasteiger partial charge in [0.25, 0.3) is 0 Å². The van der Waals surface area contributed by atoms with Crippen LogP contribution >= 0.6 is 0 Å². The number of benzene rings is 1. The van der Waals surface area contributed by atoms with Gasteiger partial charge in [0, 0.05) is 6.04 Å². The third-order valence-corrected chi connectivity index (χ3v) is 2.48. The fraction of sp³-hybridized carbons (Fsp3) is 0.429. The Labute approximate surface area is 98.1 Å². The highest BCUT2D eigenvalue weighted by molar-refractivity contribution is 5.20. The predicted molar refractivity (Wildman–Crippen MR) is 68.6 cm³/mol. The van der Waals surface area contributed by atoms with E-state index < -0.39 is 0 Å². The fourth-order valence-corrected chi connectivity index (χ4v) is 1.51. The van der Waals surface area contributed by atoms with Crippen molar-refractivity contribution >= 4 is 0 Å². The van der Waals surface area contributed by atoms with Crippen LogP contribution in [0.15, 0.2) is 43.0 Å². The molecule has 0 spiro atoms. The van der Waals surface area contributed by atoms with Gasteiger partial charge < -0.3 is 10.5 Å². The van der Waals surface area contributed by atoms with Crippen LogP contribution in [0.5, 0.6) is 5.75 Å². The smallest absolute Gasteiger partial charge is 0.119 e. The van der Waals surface area contributed by atoms with Gasteiger partial charge in [-0.1, -0.05) is 24.3 Å². The number of unbranched alkanes of at least 4 members (excludes halogenated alkanes) is 1. The van der Waals surface area contributed by atoms with Crippen LogP contribution in [0.3, 0.4) is 0 Å². The van der Waals surface area contributed by atoms with Gasteiger partial charge in [-0.05, 0) is 37.8 Å². The van der Waals surface area contributed by atoms with Crippen molar-refractivity contribution in [2.45, 2.75) is 31.7 Å². The number of ether oxygens (including phenoxy) is 1. The Morgan fingerprint density at radius 1 is 1.25 bits per heavy atom. The first-order valence-corrected chi connectivity index (χ1v) is 5.87. The summed E-state index contributed by atoms with van der Waals surface area (Å²) in [5.41, 5.74) is 5.96. The Morgan fingerprint density at radius 3 is 2.69 bits per heavy atom. The molecular formula is C14H21NO. The van der Waals surface area contributed by atoms with Gasteiger partial charge in [-0.25, -0.2) is 0 Å². The maximum atomic E-state index is 5.96. The van der Waals surface area contributed by atoms with Gasteiger partial charge in [0.1, 0.15) is 5.75 Å². The average Bonchev–Trinajstić information content (AvgIpc) is 2.31. The maximum Gasteiger partial charge on any atom is 0.119 e. The van der Waals surface area contributed by atoms with Crippen LogP contribution in [0.1, 0.15) is 25.7 Å². The number of allylic oxidation sites excluding steroid dienone is 1. The zero-order chi connectivity index (χ0) is 11.6. The molecule has 0 radical (unpaired) electrons. The summed E-state index contributed by atoms with van der Waals surface area (Å²) in [6, 6.07) is 10.1. The van der Waals surface area contributed by atoms with E-state index in [9.17, 15) is 0 Å². The lowest BCUT2D eigenvalue weighted by molar-refractivity contribution is 0.294. The van der Waals surface area contributed by atoms with Crippen LogP contribution in [0.4, 0.5) is 0 Å². The molecule has 0 aromatic heterocycles. The zero-order valence-electron chi connectivity index (χ0n) is 9.77. The highest BCUT2D eigenvalue weighted by Crippen LogP contribution is 2.09. The maximum absolute atomic E-state index is 5.96. The minimum absolute atomic E-state index is 0.240. The van der Waals surface area contributed by atoms with E-state index in [4.69, 9.17) is 10.5 Å². The number of nitrogens with two attached hydrogens (primary N) is 1. The number of hydrogen-bond acceptors (Lipinski definition) is 2. The molecule has 2 nitrogen and oxygen atoms in total. The first-order valence-electron chi connectivity index (χ1n) is 5.87. The van der Waals surface area contributed by atoms with Crippen LogP contribution in [-0.4, -0.2) is 12.6 Å². The Hall–Kier alpha value is -1.28. The van der Waals surface area contributed by atoms with Crippen molar-refractivity contribution in [1.82, 2.24) is 0 Å². The van der Waals surface area contributed by atoms with E-state index in [1.807, 2.05) is 36.4 Å². The predicted octanol–water partition coefficient (Wildman–Crippen LogP) is 3.14. The summed E-state index contributed by atoms with van der Waals surface area (Å²) in [4.78, 5) is 0. The minimum atomic E-state index is 0.240. The van der Waals surface area contributed by atoms with Crippen LogP contribution in [0, 0.1) is 0 Å². The molecule has 0 bridgehead atoms. The molecule has 0 aliphatic carbocycles. The van der Waals surface area contributed by atoms with E-state index in [1.165, 1.54) is 0 Å². The SMILES string of the molecule is C=CCCCC(N)CCOc1ccccc1. The second kappa shape index (κ2) is 7.94. The molecule has 1 aromatic rings. The molecule has 0 heterocycles. The molecule has 88 valence electrons. The molecule has 0 aliphatic heterocycles. The molecule has 2 heteroatoms. The zero-order valence-corrected chi connectivity index (χ0v) is 9.77. The Kier molecular flexibility index (Phi) is 6.35. The van der Waals surface area contributed by atoms with E-state index in [1.54, 1.807) is 0 Å². The van der Waals surface area contributed by atoms with E-state index in [0.717, 1.165) is 31.4 Å². The highest BCUT2D eigenvalue weighted by atomic mass is 16.5. The van der Waals surface area contributed by atoms with Gasteiger partial charge in [-0.3, -0.25) is 0 Å². The lowest BCUT2D eigenvalue weighted by Gasteiger charge is -2.11. The third kappa shape index (κ3) is 5.56. The molecule has 16 heavy (non-hydrogen) atoms. The lowest BCUT2D eigenvalue weighted by Crippen LogP contribution is -2.22. The molecule has 1 rings (SSSR count).